The van der Waals surface area contributed by atoms with E-state index >= 15 is 0 Å². The molecular formula is C12H14O. The highest BCUT2D eigenvalue weighted by Gasteiger charge is 2.25. The Morgan fingerprint density at radius 1 is 1.23 bits per heavy atom. The number of carbonyl (C=O) groups is 1. The first kappa shape index (κ1) is 8.49. The van der Waals surface area contributed by atoms with E-state index in [9.17, 15) is 4.79 Å². The molecule has 0 unspecified atom stereocenters. The molecular weight excluding hydrogens is 160 g/mol. The van der Waals surface area contributed by atoms with Gasteiger partial charge in [-0.2, -0.15) is 0 Å². The zero-order valence-corrected chi connectivity index (χ0v) is 7.92. The molecule has 1 heteroatoms. The lowest BCUT2D eigenvalue weighted by Gasteiger charge is -2.07. The highest BCUT2D eigenvalue weighted by atomic mass is 16.1. The molecule has 0 aromatic heterocycles. The van der Waals surface area contributed by atoms with Gasteiger partial charge in [0.25, 0.3) is 0 Å². The Morgan fingerprint density at radius 2 is 1.92 bits per heavy atom. The molecule has 0 radical (unpaired) electrons. The third-order valence-corrected chi connectivity index (χ3v) is 2.78. The van der Waals surface area contributed by atoms with Crippen molar-refractivity contribution in [3.8, 4) is 0 Å². The van der Waals surface area contributed by atoms with E-state index in [-0.39, 0.29) is 5.92 Å². The van der Waals surface area contributed by atoms with Crippen LogP contribution in [0, 0.1) is 6.92 Å². The summed E-state index contributed by atoms with van der Waals surface area (Å²) in [5, 5.41) is 0. The summed E-state index contributed by atoms with van der Waals surface area (Å²) < 4.78 is 0. The van der Waals surface area contributed by atoms with Gasteiger partial charge in [0.1, 0.15) is 5.78 Å². The van der Waals surface area contributed by atoms with Gasteiger partial charge in [-0.25, -0.2) is 0 Å². The lowest BCUT2D eigenvalue weighted by Crippen LogP contribution is -2.03. The number of rotatable bonds is 1. The van der Waals surface area contributed by atoms with Gasteiger partial charge in [0, 0.05) is 12.3 Å². The zero-order valence-electron chi connectivity index (χ0n) is 7.92. The fraction of sp³-hybridized carbons (Fsp3) is 0.417. The van der Waals surface area contributed by atoms with Crippen LogP contribution in [0.3, 0.4) is 0 Å². The van der Waals surface area contributed by atoms with Crippen molar-refractivity contribution in [1.82, 2.24) is 0 Å². The molecule has 0 heterocycles. The second-order valence-electron chi connectivity index (χ2n) is 3.82. The van der Waals surface area contributed by atoms with Crippen LogP contribution in [0.25, 0.3) is 0 Å². The molecule has 1 fully saturated rings. The van der Waals surface area contributed by atoms with Gasteiger partial charge in [-0.1, -0.05) is 29.8 Å². The van der Waals surface area contributed by atoms with E-state index in [2.05, 4.69) is 31.2 Å². The molecule has 1 nitrogen and oxygen atoms in total. The van der Waals surface area contributed by atoms with Crippen molar-refractivity contribution in [2.24, 2.45) is 0 Å². The maximum atomic E-state index is 11.5. The Bertz CT molecular complexity index is 310. The Balaban J connectivity index is 2.25. The molecule has 1 aliphatic carbocycles. The van der Waals surface area contributed by atoms with Gasteiger partial charge >= 0.3 is 0 Å². The lowest BCUT2D eigenvalue weighted by molar-refractivity contribution is -0.118. The van der Waals surface area contributed by atoms with Gasteiger partial charge < -0.3 is 0 Å². The second-order valence-corrected chi connectivity index (χ2v) is 3.82. The van der Waals surface area contributed by atoms with E-state index < -0.39 is 0 Å². The first-order chi connectivity index (χ1) is 6.27. The van der Waals surface area contributed by atoms with Crippen LogP contribution < -0.4 is 0 Å². The van der Waals surface area contributed by atoms with E-state index in [4.69, 9.17) is 0 Å². The number of carbonyl (C=O) groups excluding carboxylic acids is 1. The molecule has 0 spiro atoms. The zero-order chi connectivity index (χ0) is 9.26. The van der Waals surface area contributed by atoms with Crippen molar-refractivity contribution in [2.75, 3.05) is 0 Å². The molecule has 68 valence electrons. The summed E-state index contributed by atoms with van der Waals surface area (Å²) in [5.41, 5.74) is 2.46. The molecule has 1 atom stereocenters. The number of Topliss-reactive ketones (excluding diaryl/α,β-unsaturated/α-hetero) is 1. The van der Waals surface area contributed by atoms with Gasteiger partial charge in [0.2, 0.25) is 0 Å². The molecule has 1 saturated carbocycles. The van der Waals surface area contributed by atoms with Crippen LogP contribution in [0.5, 0.6) is 0 Å². The molecule has 0 bridgehead atoms. The van der Waals surface area contributed by atoms with Crippen LogP contribution in [-0.2, 0) is 4.79 Å². The average molecular weight is 174 g/mol. The fourth-order valence-electron chi connectivity index (χ4n) is 1.97. The second kappa shape index (κ2) is 3.33. The van der Waals surface area contributed by atoms with Crippen LogP contribution in [0.2, 0.25) is 0 Å². The van der Waals surface area contributed by atoms with Crippen molar-refractivity contribution in [3.63, 3.8) is 0 Å². The quantitative estimate of drug-likeness (QED) is 0.639. The van der Waals surface area contributed by atoms with Crippen molar-refractivity contribution < 1.29 is 4.79 Å². The highest BCUT2D eigenvalue weighted by molar-refractivity contribution is 5.87. The van der Waals surface area contributed by atoms with E-state index in [1.54, 1.807) is 0 Å². The van der Waals surface area contributed by atoms with Crippen LogP contribution >= 0.6 is 0 Å². The minimum atomic E-state index is 0.195. The third-order valence-electron chi connectivity index (χ3n) is 2.78. The van der Waals surface area contributed by atoms with Crippen LogP contribution in [0.4, 0.5) is 0 Å². The maximum Gasteiger partial charge on any atom is 0.140 e. The molecule has 1 aliphatic rings. The van der Waals surface area contributed by atoms with Crippen molar-refractivity contribution >= 4 is 5.78 Å². The normalized spacial score (nSPS) is 22.2. The molecule has 0 saturated heterocycles. The van der Waals surface area contributed by atoms with Crippen LogP contribution in [0.1, 0.15) is 36.3 Å². The topological polar surface area (TPSA) is 17.1 Å². The predicted octanol–water partition coefficient (Wildman–Crippen LogP) is 2.83. The molecule has 1 aromatic rings. The van der Waals surface area contributed by atoms with Crippen molar-refractivity contribution in [2.45, 2.75) is 32.1 Å². The summed E-state index contributed by atoms with van der Waals surface area (Å²) in [4.78, 5) is 11.5. The smallest absolute Gasteiger partial charge is 0.140 e. The van der Waals surface area contributed by atoms with E-state index in [1.165, 1.54) is 11.1 Å². The average Bonchev–Trinajstić information content (AvgIpc) is 2.53. The lowest BCUT2D eigenvalue weighted by atomic mass is 9.96. The Kier molecular flexibility index (Phi) is 2.17. The first-order valence-corrected chi connectivity index (χ1v) is 4.86. The number of ketones is 1. The largest absolute Gasteiger partial charge is 0.299 e. The Hall–Kier alpha value is -1.11. The minimum Gasteiger partial charge on any atom is -0.299 e. The van der Waals surface area contributed by atoms with Gasteiger partial charge in [0.05, 0.1) is 0 Å². The minimum absolute atomic E-state index is 0.195. The fourth-order valence-corrected chi connectivity index (χ4v) is 1.97. The SMILES string of the molecule is Cc1ccc([C@H]2CCCC2=O)cc1. The van der Waals surface area contributed by atoms with Gasteiger partial charge in [-0.3, -0.25) is 4.79 Å². The molecule has 0 amide bonds. The molecule has 13 heavy (non-hydrogen) atoms. The summed E-state index contributed by atoms with van der Waals surface area (Å²) in [7, 11) is 0. The van der Waals surface area contributed by atoms with Crippen molar-refractivity contribution in [1.29, 1.82) is 0 Å². The van der Waals surface area contributed by atoms with Gasteiger partial charge in [0.15, 0.2) is 0 Å². The van der Waals surface area contributed by atoms with Crippen LogP contribution in [-0.4, -0.2) is 5.78 Å². The maximum absolute atomic E-state index is 11.5. The van der Waals surface area contributed by atoms with Gasteiger partial charge in [-0.05, 0) is 25.3 Å². The van der Waals surface area contributed by atoms with Crippen LogP contribution in [0.15, 0.2) is 24.3 Å². The van der Waals surface area contributed by atoms with E-state index in [0.29, 0.717) is 5.78 Å². The monoisotopic (exact) mass is 174 g/mol. The number of hydrogen-bond acceptors (Lipinski definition) is 1. The molecule has 0 N–H and O–H groups in total. The van der Waals surface area contributed by atoms with E-state index in [0.717, 1.165) is 19.3 Å². The summed E-state index contributed by atoms with van der Waals surface area (Å²) in [6, 6.07) is 8.34. The third kappa shape index (κ3) is 1.64. The van der Waals surface area contributed by atoms with Crippen molar-refractivity contribution in [3.05, 3.63) is 35.4 Å². The predicted molar refractivity (Wildman–Crippen MR) is 52.8 cm³/mol. The summed E-state index contributed by atoms with van der Waals surface area (Å²) in [5.74, 6) is 0.615. The summed E-state index contributed by atoms with van der Waals surface area (Å²) in [6.07, 6.45) is 2.89. The highest BCUT2D eigenvalue weighted by Crippen LogP contribution is 2.30. The number of benzene rings is 1. The molecule has 1 aromatic carbocycles. The number of aryl methyl sites for hydroxylation is 1. The Labute approximate surface area is 78.8 Å². The summed E-state index contributed by atoms with van der Waals surface area (Å²) >= 11 is 0. The van der Waals surface area contributed by atoms with Gasteiger partial charge in [-0.15, -0.1) is 0 Å². The number of hydrogen-bond donors (Lipinski definition) is 0. The summed E-state index contributed by atoms with van der Waals surface area (Å²) in [6.45, 7) is 2.07. The molecule has 0 aliphatic heterocycles. The first-order valence-electron chi connectivity index (χ1n) is 4.86. The van der Waals surface area contributed by atoms with E-state index in [1.807, 2.05) is 0 Å². The Morgan fingerprint density at radius 3 is 2.46 bits per heavy atom. The molecule has 2 rings (SSSR count). The standard InChI is InChI=1S/C12H14O/c1-9-5-7-10(8-6-9)11-3-2-4-12(11)13/h5-8,11H,2-4H2,1H3/t11-/m1/s1.